The fourth-order valence-corrected chi connectivity index (χ4v) is 1.06. The summed E-state index contributed by atoms with van der Waals surface area (Å²) in [6.07, 6.45) is 1.59. The average Bonchev–Trinajstić information content (AvgIpc) is 2.34. The number of aromatic nitrogens is 1. The Morgan fingerprint density at radius 1 is 1.18 bits per heavy atom. The third-order valence-corrected chi connectivity index (χ3v) is 1.57. The second-order valence-electron chi connectivity index (χ2n) is 2.22. The molecule has 0 saturated carbocycles. The molecule has 2 aromatic rings. The molecule has 0 saturated heterocycles. The molecule has 0 fully saturated rings. The van der Waals surface area contributed by atoms with Gasteiger partial charge in [0.25, 0.3) is 0 Å². The van der Waals surface area contributed by atoms with Crippen molar-refractivity contribution in [1.29, 1.82) is 0 Å². The number of fused-ring (bicyclic) bond motifs is 1. The van der Waals surface area contributed by atoms with E-state index in [1.54, 1.807) is 6.20 Å². The van der Waals surface area contributed by atoms with E-state index in [-0.39, 0.29) is 27.3 Å². The Kier molecular flexibility index (Phi) is 2.54. The van der Waals surface area contributed by atoms with E-state index in [0.717, 1.165) is 10.9 Å². The van der Waals surface area contributed by atoms with Gasteiger partial charge in [0.2, 0.25) is 0 Å². The third-order valence-electron chi connectivity index (χ3n) is 1.57. The molecular formula is C8H9NOPb. The summed E-state index contributed by atoms with van der Waals surface area (Å²) in [6.45, 7) is 0. The first-order chi connectivity index (χ1) is 4.88. The summed E-state index contributed by atoms with van der Waals surface area (Å²) < 4.78 is 0. The van der Waals surface area contributed by atoms with Gasteiger partial charge in [-0.05, 0) is 12.1 Å². The molecule has 11 heavy (non-hydrogen) atoms. The minimum atomic E-state index is 0. The van der Waals surface area contributed by atoms with Gasteiger partial charge >= 0.3 is 27.3 Å². The zero-order valence-electron chi connectivity index (χ0n) is 6.04. The minimum absolute atomic E-state index is 0. The van der Waals surface area contributed by atoms with Gasteiger partial charge in [-0.15, -0.1) is 0 Å². The number of nitrogens with one attached hydrogen (secondary N) is 1. The van der Waals surface area contributed by atoms with Crippen LogP contribution in [0.2, 0.25) is 0 Å². The van der Waals surface area contributed by atoms with Gasteiger partial charge in [0, 0.05) is 17.1 Å². The van der Waals surface area contributed by atoms with Crippen LogP contribution in [-0.2, 0) is 0 Å². The number of aromatic amines is 1. The summed E-state index contributed by atoms with van der Waals surface area (Å²) in [5.74, 6) is 0.315. The van der Waals surface area contributed by atoms with E-state index in [1.807, 2.05) is 24.3 Å². The Labute approximate surface area is 84.4 Å². The van der Waals surface area contributed by atoms with Crippen molar-refractivity contribution < 1.29 is 5.11 Å². The maximum absolute atomic E-state index is 9.18. The van der Waals surface area contributed by atoms with Gasteiger partial charge < -0.3 is 10.1 Å². The zero-order valence-corrected chi connectivity index (χ0v) is 11.5. The van der Waals surface area contributed by atoms with E-state index in [9.17, 15) is 5.11 Å². The molecule has 0 amide bonds. The standard InChI is InChI=1S/C8H7NO.Pb.2H/c10-8-5-9-7-4-2-1-3-6(7)8;;;/h1-5,9-10H;;;. The molecule has 0 bridgehead atoms. The molecule has 0 atom stereocenters. The summed E-state index contributed by atoms with van der Waals surface area (Å²) >= 11 is 0. The predicted molar refractivity (Wildman–Crippen MR) is 48.5 cm³/mol. The fourth-order valence-electron chi connectivity index (χ4n) is 1.06. The Bertz CT molecular complexity index is 356. The van der Waals surface area contributed by atoms with Crippen LogP contribution < -0.4 is 0 Å². The first-order valence-corrected chi connectivity index (χ1v) is 3.13. The zero-order chi connectivity index (χ0) is 6.97. The van der Waals surface area contributed by atoms with E-state index in [1.165, 1.54) is 0 Å². The van der Waals surface area contributed by atoms with Crippen LogP contribution in [-0.4, -0.2) is 37.4 Å². The van der Waals surface area contributed by atoms with Crippen LogP contribution in [0.3, 0.4) is 0 Å². The number of para-hydroxylation sites is 1. The van der Waals surface area contributed by atoms with Crippen LogP contribution in [0.4, 0.5) is 0 Å². The topological polar surface area (TPSA) is 36.0 Å². The van der Waals surface area contributed by atoms with Crippen LogP contribution in [0.25, 0.3) is 10.9 Å². The van der Waals surface area contributed by atoms with Gasteiger partial charge in [-0.3, -0.25) is 0 Å². The summed E-state index contributed by atoms with van der Waals surface area (Å²) in [5, 5.41) is 10.1. The molecule has 0 aliphatic carbocycles. The predicted octanol–water partition coefficient (Wildman–Crippen LogP) is 0.957. The van der Waals surface area contributed by atoms with Gasteiger partial charge in [-0.1, -0.05) is 12.1 Å². The van der Waals surface area contributed by atoms with Crippen molar-refractivity contribution in [3.05, 3.63) is 30.5 Å². The van der Waals surface area contributed by atoms with Gasteiger partial charge in [-0.25, -0.2) is 0 Å². The van der Waals surface area contributed by atoms with E-state index in [0.29, 0.717) is 5.75 Å². The van der Waals surface area contributed by atoms with E-state index < -0.39 is 0 Å². The Hall–Kier alpha value is -0.518. The van der Waals surface area contributed by atoms with Gasteiger partial charge in [0.05, 0.1) is 0 Å². The van der Waals surface area contributed by atoms with Crippen molar-refractivity contribution >= 4 is 38.2 Å². The molecule has 56 valence electrons. The molecule has 1 aromatic carbocycles. The first kappa shape index (κ1) is 8.58. The number of benzene rings is 1. The molecule has 3 heteroatoms. The molecule has 0 aliphatic rings. The Balaban J connectivity index is 0.000000605. The second kappa shape index (κ2) is 3.25. The molecule has 0 aliphatic heterocycles. The number of hydrogen-bond acceptors (Lipinski definition) is 1. The molecule has 0 spiro atoms. The number of hydrogen-bond donors (Lipinski definition) is 2. The molecule has 1 aromatic heterocycles. The van der Waals surface area contributed by atoms with E-state index in [4.69, 9.17) is 0 Å². The third kappa shape index (κ3) is 1.40. The number of rotatable bonds is 0. The molecule has 2 nitrogen and oxygen atoms in total. The van der Waals surface area contributed by atoms with Crippen LogP contribution >= 0.6 is 0 Å². The average molecular weight is 342 g/mol. The van der Waals surface area contributed by atoms with Crippen molar-refractivity contribution in [1.82, 2.24) is 4.98 Å². The van der Waals surface area contributed by atoms with Crippen LogP contribution in [0, 0.1) is 0 Å². The normalized spacial score (nSPS) is 9.45. The number of aromatic hydroxyl groups is 1. The van der Waals surface area contributed by atoms with E-state index in [2.05, 4.69) is 4.98 Å². The van der Waals surface area contributed by atoms with Crippen molar-refractivity contribution in [3.8, 4) is 5.75 Å². The second-order valence-corrected chi connectivity index (χ2v) is 2.22. The Morgan fingerprint density at radius 2 is 1.91 bits per heavy atom. The molecule has 1 heterocycles. The molecular weight excluding hydrogens is 333 g/mol. The fraction of sp³-hybridized carbons (Fsp3) is 0. The summed E-state index contributed by atoms with van der Waals surface area (Å²) in [7, 11) is 0. The SMILES string of the molecule is Oc1c[nH]c2ccccc12.[PbH2]. The van der Waals surface area contributed by atoms with Gasteiger partial charge in [-0.2, -0.15) is 0 Å². The monoisotopic (exact) mass is 343 g/mol. The Morgan fingerprint density at radius 3 is 2.64 bits per heavy atom. The molecule has 2 radical (unpaired) electrons. The molecule has 0 unspecified atom stereocenters. The quantitative estimate of drug-likeness (QED) is 0.688. The molecule has 2 N–H and O–H groups in total. The van der Waals surface area contributed by atoms with Gasteiger partial charge in [0.1, 0.15) is 5.75 Å². The summed E-state index contributed by atoms with van der Waals surface area (Å²) in [4.78, 5) is 2.94. The van der Waals surface area contributed by atoms with Crippen molar-refractivity contribution in [3.63, 3.8) is 0 Å². The van der Waals surface area contributed by atoms with Crippen molar-refractivity contribution in [2.75, 3.05) is 0 Å². The first-order valence-electron chi connectivity index (χ1n) is 3.13. The molecule has 2 rings (SSSR count). The van der Waals surface area contributed by atoms with Crippen molar-refractivity contribution in [2.45, 2.75) is 0 Å². The number of H-pyrrole nitrogens is 1. The van der Waals surface area contributed by atoms with Gasteiger partial charge in [0.15, 0.2) is 0 Å². The summed E-state index contributed by atoms with van der Waals surface area (Å²) in [5.41, 5.74) is 0.972. The summed E-state index contributed by atoms with van der Waals surface area (Å²) in [6, 6.07) is 7.63. The van der Waals surface area contributed by atoms with Crippen LogP contribution in [0.1, 0.15) is 0 Å². The van der Waals surface area contributed by atoms with E-state index >= 15 is 0 Å². The van der Waals surface area contributed by atoms with Crippen LogP contribution in [0.15, 0.2) is 30.5 Å². The van der Waals surface area contributed by atoms with Crippen LogP contribution in [0.5, 0.6) is 5.75 Å². The van der Waals surface area contributed by atoms with Crippen molar-refractivity contribution in [2.24, 2.45) is 0 Å². The maximum atomic E-state index is 9.18.